The van der Waals surface area contributed by atoms with Crippen LogP contribution in [0.5, 0.6) is 0 Å². The van der Waals surface area contributed by atoms with Gasteiger partial charge in [-0.25, -0.2) is 0 Å². The molecule has 0 radical (unpaired) electrons. The summed E-state index contributed by atoms with van der Waals surface area (Å²) >= 11 is 3.48. The third kappa shape index (κ3) is 5.57. The monoisotopic (exact) mass is 424 g/mol. The Labute approximate surface area is 169 Å². The second-order valence-electron chi connectivity index (χ2n) is 6.74. The van der Waals surface area contributed by atoms with Gasteiger partial charge in [0.1, 0.15) is 0 Å². The third-order valence-corrected chi connectivity index (χ3v) is 5.10. The van der Waals surface area contributed by atoms with Gasteiger partial charge in [0.05, 0.1) is 6.54 Å². The Morgan fingerprint density at radius 2 is 1.67 bits per heavy atom. The van der Waals surface area contributed by atoms with E-state index in [2.05, 4.69) is 82.1 Å². The zero-order valence-corrected chi connectivity index (χ0v) is 17.2. The fourth-order valence-electron chi connectivity index (χ4n) is 3.14. The number of benzene rings is 2. The van der Waals surface area contributed by atoms with Crippen LogP contribution in [0.15, 0.2) is 77.4 Å². The van der Waals surface area contributed by atoms with E-state index in [-0.39, 0.29) is 5.91 Å². The van der Waals surface area contributed by atoms with E-state index in [4.69, 9.17) is 0 Å². The zero-order chi connectivity index (χ0) is 19.1. The highest BCUT2D eigenvalue weighted by atomic mass is 79.9. The van der Waals surface area contributed by atoms with Crippen LogP contribution in [0, 0.1) is 0 Å². The number of hydrogen-bond donors (Lipinski definition) is 0. The lowest BCUT2D eigenvalue weighted by Crippen LogP contribution is -2.30. The number of halogens is 1. The van der Waals surface area contributed by atoms with Crippen LogP contribution >= 0.6 is 15.9 Å². The van der Waals surface area contributed by atoms with Gasteiger partial charge >= 0.3 is 0 Å². The van der Waals surface area contributed by atoms with E-state index in [9.17, 15) is 4.79 Å². The number of carbonyl (C=O) groups excluding carboxylic acids is 1. The van der Waals surface area contributed by atoms with Crippen molar-refractivity contribution < 1.29 is 4.79 Å². The lowest BCUT2D eigenvalue weighted by Gasteiger charge is -2.24. The predicted octanol–water partition coefficient (Wildman–Crippen LogP) is 5.63. The zero-order valence-electron chi connectivity index (χ0n) is 15.6. The first-order chi connectivity index (χ1) is 13.2. The van der Waals surface area contributed by atoms with Gasteiger partial charge in [-0.1, -0.05) is 65.3 Å². The summed E-state index contributed by atoms with van der Waals surface area (Å²) in [7, 11) is 0. The second kappa shape index (κ2) is 9.56. The minimum atomic E-state index is 0.206. The summed E-state index contributed by atoms with van der Waals surface area (Å²) in [6, 6.07) is 22.7. The number of rotatable bonds is 8. The molecule has 0 bridgehead atoms. The number of amides is 1. The number of nitrogens with zero attached hydrogens (tertiary/aromatic N) is 2. The van der Waals surface area contributed by atoms with Crippen LogP contribution < -0.4 is 0 Å². The summed E-state index contributed by atoms with van der Waals surface area (Å²) in [5.74, 6) is 0.206. The van der Waals surface area contributed by atoms with Gasteiger partial charge in [0.2, 0.25) is 5.91 Å². The SMILES string of the molecule is CCCC(=O)N(Cc1ccccc1)Cc1cccn1Cc1ccc(Br)cc1. The van der Waals surface area contributed by atoms with Gasteiger partial charge in [0.15, 0.2) is 0 Å². The molecule has 0 aliphatic rings. The summed E-state index contributed by atoms with van der Waals surface area (Å²) < 4.78 is 3.30. The maximum atomic E-state index is 12.7. The second-order valence-corrected chi connectivity index (χ2v) is 7.65. The van der Waals surface area contributed by atoms with Crippen molar-refractivity contribution in [2.45, 2.75) is 39.4 Å². The largest absolute Gasteiger partial charge is 0.345 e. The van der Waals surface area contributed by atoms with Crippen LogP contribution in [0.1, 0.15) is 36.6 Å². The molecule has 0 aliphatic heterocycles. The van der Waals surface area contributed by atoms with Gasteiger partial charge in [-0.2, -0.15) is 0 Å². The highest BCUT2D eigenvalue weighted by Gasteiger charge is 2.15. The highest BCUT2D eigenvalue weighted by molar-refractivity contribution is 9.10. The lowest BCUT2D eigenvalue weighted by atomic mass is 10.2. The average Bonchev–Trinajstić information content (AvgIpc) is 3.11. The molecular weight excluding hydrogens is 400 g/mol. The molecular formula is C23H25BrN2O. The Balaban J connectivity index is 1.76. The van der Waals surface area contributed by atoms with Gasteiger partial charge in [-0.05, 0) is 41.8 Å². The summed E-state index contributed by atoms with van der Waals surface area (Å²) in [5.41, 5.74) is 3.55. The van der Waals surface area contributed by atoms with E-state index in [0.29, 0.717) is 19.5 Å². The minimum absolute atomic E-state index is 0.206. The molecule has 3 nitrogen and oxygen atoms in total. The molecule has 0 aliphatic carbocycles. The quantitative estimate of drug-likeness (QED) is 0.459. The fraction of sp³-hybridized carbons (Fsp3) is 0.261. The van der Waals surface area contributed by atoms with Crippen LogP contribution in [0.2, 0.25) is 0 Å². The van der Waals surface area contributed by atoms with E-state index in [0.717, 1.165) is 28.7 Å². The molecule has 27 heavy (non-hydrogen) atoms. The molecule has 3 aromatic rings. The maximum Gasteiger partial charge on any atom is 0.223 e. The molecule has 0 saturated carbocycles. The van der Waals surface area contributed by atoms with Crippen LogP contribution in [-0.2, 0) is 24.4 Å². The number of hydrogen-bond acceptors (Lipinski definition) is 1. The van der Waals surface area contributed by atoms with Gasteiger partial charge in [-0.3, -0.25) is 4.79 Å². The Morgan fingerprint density at radius 3 is 2.37 bits per heavy atom. The minimum Gasteiger partial charge on any atom is -0.345 e. The molecule has 0 unspecified atom stereocenters. The smallest absolute Gasteiger partial charge is 0.223 e. The summed E-state index contributed by atoms with van der Waals surface area (Å²) in [6.45, 7) is 4.12. The first-order valence-electron chi connectivity index (χ1n) is 9.36. The first-order valence-corrected chi connectivity index (χ1v) is 10.1. The molecule has 0 N–H and O–H groups in total. The molecule has 0 saturated heterocycles. The summed E-state index contributed by atoms with van der Waals surface area (Å²) in [6.07, 6.45) is 3.53. The normalized spacial score (nSPS) is 10.7. The van der Waals surface area contributed by atoms with Gasteiger partial charge in [0, 0.05) is 35.9 Å². The fourth-order valence-corrected chi connectivity index (χ4v) is 3.40. The molecule has 0 fully saturated rings. The van der Waals surface area contributed by atoms with Crippen molar-refractivity contribution in [2.24, 2.45) is 0 Å². The number of carbonyl (C=O) groups is 1. The van der Waals surface area contributed by atoms with Crippen molar-refractivity contribution in [2.75, 3.05) is 0 Å². The topological polar surface area (TPSA) is 25.2 Å². The molecule has 2 aromatic carbocycles. The van der Waals surface area contributed by atoms with Crippen molar-refractivity contribution >= 4 is 21.8 Å². The standard InChI is InChI=1S/C23H25BrN2O/c1-2-7-23(27)26(17-19-8-4-3-5-9-19)18-22-10-6-15-25(22)16-20-11-13-21(24)14-12-20/h3-6,8-15H,2,7,16-18H2,1H3. The molecule has 1 aromatic heterocycles. The Bertz CT molecular complexity index is 856. The predicted molar refractivity (Wildman–Crippen MR) is 113 cm³/mol. The maximum absolute atomic E-state index is 12.7. The van der Waals surface area contributed by atoms with Gasteiger partial charge in [-0.15, -0.1) is 0 Å². The Morgan fingerprint density at radius 1 is 0.926 bits per heavy atom. The van der Waals surface area contributed by atoms with Crippen molar-refractivity contribution in [1.82, 2.24) is 9.47 Å². The van der Waals surface area contributed by atoms with E-state index >= 15 is 0 Å². The molecule has 4 heteroatoms. The molecule has 3 rings (SSSR count). The Kier molecular flexibility index (Phi) is 6.88. The van der Waals surface area contributed by atoms with Crippen LogP contribution in [0.4, 0.5) is 0 Å². The van der Waals surface area contributed by atoms with E-state index in [1.807, 2.05) is 23.1 Å². The number of aromatic nitrogens is 1. The van der Waals surface area contributed by atoms with Crippen LogP contribution in [-0.4, -0.2) is 15.4 Å². The van der Waals surface area contributed by atoms with Crippen molar-refractivity contribution in [3.63, 3.8) is 0 Å². The molecule has 0 spiro atoms. The van der Waals surface area contributed by atoms with Gasteiger partial charge in [0.25, 0.3) is 0 Å². The lowest BCUT2D eigenvalue weighted by molar-refractivity contribution is -0.132. The summed E-state index contributed by atoms with van der Waals surface area (Å²) in [5, 5.41) is 0. The first kappa shape index (κ1) is 19.4. The van der Waals surface area contributed by atoms with E-state index < -0.39 is 0 Å². The van der Waals surface area contributed by atoms with Crippen molar-refractivity contribution in [3.8, 4) is 0 Å². The van der Waals surface area contributed by atoms with Crippen LogP contribution in [0.3, 0.4) is 0 Å². The molecule has 0 atom stereocenters. The summed E-state index contributed by atoms with van der Waals surface area (Å²) in [4.78, 5) is 14.7. The Hall–Kier alpha value is -2.33. The van der Waals surface area contributed by atoms with E-state index in [1.165, 1.54) is 5.56 Å². The van der Waals surface area contributed by atoms with Crippen molar-refractivity contribution in [1.29, 1.82) is 0 Å². The average molecular weight is 425 g/mol. The van der Waals surface area contributed by atoms with Gasteiger partial charge < -0.3 is 9.47 Å². The highest BCUT2D eigenvalue weighted by Crippen LogP contribution is 2.16. The molecule has 140 valence electrons. The molecule has 1 heterocycles. The van der Waals surface area contributed by atoms with Crippen molar-refractivity contribution in [3.05, 3.63) is 94.2 Å². The molecule has 1 amide bonds. The van der Waals surface area contributed by atoms with E-state index in [1.54, 1.807) is 0 Å². The third-order valence-electron chi connectivity index (χ3n) is 4.58. The van der Waals surface area contributed by atoms with Crippen LogP contribution in [0.25, 0.3) is 0 Å².